The quantitative estimate of drug-likeness (QED) is 0.765. The highest BCUT2D eigenvalue weighted by atomic mass is 79.9. The molecule has 1 heterocycles. The van der Waals surface area contributed by atoms with Gasteiger partial charge in [0.05, 0.1) is 5.52 Å². The Kier molecular flexibility index (Phi) is 1.96. The van der Waals surface area contributed by atoms with Gasteiger partial charge < -0.3 is 5.73 Å². The summed E-state index contributed by atoms with van der Waals surface area (Å²) >= 11 is 3.43. The number of nitrogen functional groups attached to an aromatic ring is 1. The first-order valence-corrected chi connectivity index (χ1v) is 4.78. The molecule has 2 aromatic rings. The van der Waals surface area contributed by atoms with Crippen LogP contribution in [0.3, 0.4) is 0 Å². The zero-order valence-corrected chi connectivity index (χ0v) is 8.80. The number of benzene rings is 1. The van der Waals surface area contributed by atoms with E-state index in [0.29, 0.717) is 0 Å². The average Bonchev–Trinajstić information content (AvgIpc) is 2.07. The minimum Gasteiger partial charge on any atom is -0.398 e. The smallest absolute Gasteiger partial charge is 0.0752 e. The van der Waals surface area contributed by atoms with Crippen LogP contribution in [0.1, 0.15) is 5.56 Å². The fraction of sp³-hybridized carbons (Fsp3) is 0.100. The van der Waals surface area contributed by atoms with E-state index in [1.54, 1.807) is 6.20 Å². The minimum absolute atomic E-state index is 0.773. The molecule has 0 amide bonds. The van der Waals surface area contributed by atoms with E-state index >= 15 is 0 Å². The SMILES string of the molecule is Cc1cc(Br)cc2c(N)ccnc12. The third kappa shape index (κ3) is 1.40. The lowest BCUT2D eigenvalue weighted by molar-refractivity contribution is 1.36. The van der Waals surface area contributed by atoms with Gasteiger partial charge in [0.1, 0.15) is 0 Å². The van der Waals surface area contributed by atoms with Crippen LogP contribution < -0.4 is 5.73 Å². The van der Waals surface area contributed by atoms with Gasteiger partial charge in [-0.25, -0.2) is 0 Å². The number of anilines is 1. The fourth-order valence-corrected chi connectivity index (χ4v) is 1.98. The van der Waals surface area contributed by atoms with Crippen LogP contribution in [0.25, 0.3) is 10.9 Å². The van der Waals surface area contributed by atoms with Crippen molar-refractivity contribution >= 4 is 32.5 Å². The summed E-state index contributed by atoms with van der Waals surface area (Å²) < 4.78 is 1.04. The molecule has 0 aliphatic rings. The Morgan fingerprint density at radius 2 is 2.15 bits per heavy atom. The predicted octanol–water partition coefficient (Wildman–Crippen LogP) is 2.89. The molecule has 1 aromatic carbocycles. The molecule has 1 aromatic heterocycles. The van der Waals surface area contributed by atoms with Crippen molar-refractivity contribution < 1.29 is 0 Å². The highest BCUT2D eigenvalue weighted by Crippen LogP contribution is 2.25. The van der Waals surface area contributed by atoms with Crippen LogP contribution in [0.5, 0.6) is 0 Å². The number of fused-ring (bicyclic) bond motifs is 1. The van der Waals surface area contributed by atoms with Crippen molar-refractivity contribution in [1.82, 2.24) is 4.98 Å². The lowest BCUT2D eigenvalue weighted by atomic mass is 10.1. The van der Waals surface area contributed by atoms with Gasteiger partial charge in [0, 0.05) is 21.7 Å². The van der Waals surface area contributed by atoms with Crippen LogP contribution in [0.15, 0.2) is 28.9 Å². The van der Waals surface area contributed by atoms with Crippen molar-refractivity contribution in [2.75, 3.05) is 5.73 Å². The maximum Gasteiger partial charge on any atom is 0.0752 e. The second-order valence-electron chi connectivity index (χ2n) is 3.02. The molecule has 66 valence electrons. The van der Waals surface area contributed by atoms with Crippen LogP contribution in [-0.4, -0.2) is 4.98 Å². The van der Waals surface area contributed by atoms with Gasteiger partial charge in [0.2, 0.25) is 0 Å². The van der Waals surface area contributed by atoms with Gasteiger partial charge in [0.25, 0.3) is 0 Å². The Balaban J connectivity index is 2.94. The summed E-state index contributed by atoms with van der Waals surface area (Å²) in [5, 5.41) is 1.01. The lowest BCUT2D eigenvalue weighted by Crippen LogP contribution is -1.90. The summed E-state index contributed by atoms with van der Waals surface area (Å²) in [4.78, 5) is 4.28. The number of nitrogens with two attached hydrogens (primary N) is 1. The Hall–Kier alpha value is -1.09. The number of pyridine rings is 1. The molecule has 0 fully saturated rings. The van der Waals surface area contributed by atoms with Crippen LogP contribution in [0.4, 0.5) is 5.69 Å². The van der Waals surface area contributed by atoms with Gasteiger partial charge in [-0.05, 0) is 30.7 Å². The van der Waals surface area contributed by atoms with E-state index in [0.717, 1.165) is 26.6 Å². The molecular formula is C10H9BrN2. The van der Waals surface area contributed by atoms with Crippen LogP contribution >= 0.6 is 15.9 Å². The molecule has 13 heavy (non-hydrogen) atoms. The molecule has 0 unspecified atom stereocenters. The van der Waals surface area contributed by atoms with Gasteiger partial charge in [-0.15, -0.1) is 0 Å². The standard InChI is InChI=1S/C10H9BrN2/c1-6-4-7(11)5-8-9(12)2-3-13-10(6)8/h2-5H,1H3,(H2,12,13). The number of aromatic nitrogens is 1. The molecule has 0 bridgehead atoms. The zero-order chi connectivity index (χ0) is 9.42. The van der Waals surface area contributed by atoms with Gasteiger partial charge >= 0.3 is 0 Å². The second-order valence-corrected chi connectivity index (χ2v) is 3.93. The zero-order valence-electron chi connectivity index (χ0n) is 7.21. The summed E-state index contributed by atoms with van der Waals surface area (Å²) in [6.07, 6.45) is 1.73. The molecule has 0 atom stereocenters. The monoisotopic (exact) mass is 236 g/mol. The van der Waals surface area contributed by atoms with E-state index in [9.17, 15) is 0 Å². The third-order valence-electron chi connectivity index (χ3n) is 2.03. The maximum absolute atomic E-state index is 5.83. The van der Waals surface area contributed by atoms with E-state index in [1.165, 1.54) is 0 Å². The van der Waals surface area contributed by atoms with Crippen LogP contribution in [-0.2, 0) is 0 Å². The molecule has 0 saturated carbocycles. The molecule has 2 nitrogen and oxygen atoms in total. The van der Waals surface area contributed by atoms with Crippen molar-refractivity contribution in [3.05, 3.63) is 34.4 Å². The van der Waals surface area contributed by atoms with E-state index in [-0.39, 0.29) is 0 Å². The van der Waals surface area contributed by atoms with Gasteiger partial charge in [-0.2, -0.15) is 0 Å². The highest BCUT2D eigenvalue weighted by Gasteiger charge is 2.02. The van der Waals surface area contributed by atoms with E-state index in [1.807, 2.05) is 25.1 Å². The summed E-state index contributed by atoms with van der Waals surface area (Å²) in [5.41, 5.74) is 8.72. The number of nitrogens with zero attached hydrogens (tertiary/aromatic N) is 1. The second kappa shape index (κ2) is 3.00. The van der Waals surface area contributed by atoms with Gasteiger partial charge in [-0.1, -0.05) is 15.9 Å². The first-order valence-electron chi connectivity index (χ1n) is 3.99. The Morgan fingerprint density at radius 3 is 2.92 bits per heavy atom. The number of aryl methyl sites for hydroxylation is 1. The Labute approximate surface area is 84.9 Å². The van der Waals surface area contributed by atoms with E-state index < -0.39 is 0 Å². The lowest BCUT2D eigenvalue weighted by Gasteiger charge is -2.04. The summed E-state index contributed by atoms with van der Waals surface area (Å²) in [5.74, 6) is 0. The highest BCUT2D eigenvalue weighted by molar-refractivity contribution is 9.10. The first-order chi connectivity index (χ1) is 6.18. The first kappa shape index (κ1) is 8.51. The summed E-state index contributed by atoms with van der Waals surface area (Å²) in [7, 11) is 0. The predicted molar refractivity (Wildman–Crippen MR) is 58.6 cm³/mol. The topological polar surface area (TPSA) is 38.9 Å². The minimum atomic E-state index is 0.773. The van der Waals surface area contributed by atoms with Gasteiger partial charge in [-0.3, -0.25) is 4.98 Å². The fourth-order valence-electron chi connectivity index (χ4n) is 1.41. The van der Waals surface area contributed by atoms with Crippen molar-refractivity contribution in [3.8, 4) is 0 Å². The molecule has 0 aliphatic carbocycles. The molecule has 0 radical (unpaired) electrons. The molecule has 2 N–H and O–H groups in total. The molecule has 3 heteroatoms. The normalized spacial score (nSPS) is 10.6. The van der Waals surface area contributed by atoms with Crippen molar-refractivity contribution in [2.24, 2.45) is 0 Å². The van der Waals surface area contributed by atoms with E-state index in [2.05, 4.69) is 20.9 Å². The largest absolute Gasteiger partial charge is 0.398 e. The maximum atomic E-state index is 5.83. The number of hydrogen-bond donors (Lipinski definition) is 1. The molecule has 0 aliphatic heterocycles. The number of hydrogen-bond acceptors (Lipinski definition) is 2. The number of rotatable bonds is 0. The van der Waals surface area contributed by atoms with Crippen molar-refractivity contribution in [2.45, 2.75) is 6.92 Å². The van der Waals surface area contributed by atoms with Gasteiger partial charge in [0.15, 0.2) is 0 Å². The van der Waals surface area contributed by atoms with Crippen LogP contribution in [0, 0.1) is 6.92 Å². The average molecular weight is 237 g/mol. The Morgan fingerprint density at radius 1 is 1.38 bits per heavy atom. The van der Waals surface area contributed by atoms with E-state index in [4.69, 9.17) is 5.73 Å². The van der Waals surface area contributed by atoms with Crippen LogP contribution in [0.2, 0.25) is 0 Å². The molecule has 2 rings (SSSR count). The number of halogens is 1. The van der Waals surface area contributed by atoms with Crippen molar-refractivity contribution in [1.29, 1.82) is 0 Å². The summed E-state index contributed by atoms with van der Waals surface area (Å²) in [6, 6.07) is 5.84. The molecule has 0 saturated heterocycles. The summed E-state index contributed by atoms with van der Waals surface area (Å²) in [6.45, 7) is 2.03. The van der Waals surface area contributed by atoms with Crippen molar-refractivity contribution in [3.63, 3.8) is 0 Å². The molecule has 0 spiro atoms. The Bertz CT molecular complexity index is 466. The molecular weight excluding hydrogens is 228 g/mol. The third-order valence-corrected chi connectivity index (χ3v) is 2.49.